The molecule has 7 atom stereocenters. The van der Waals surface area contributed by atoms with E-state index in [9.17, 15) is 22.8 Å². The number of methoxy groups -OCH3 is 1. The van der Waals surface area contributed by atoms with Gasteiger partial charge in [-0.2, -0.15) is 0 Å². The van der Waals surface area contributed by atoms with Crippen molar-refractivity contribution < 1.29 is 41.8 Å². The van der Waals surface area contributed by atoms with Crippen molar-refractivity contribution in [2.45, 2.75) is 146 Å². The first kappa shape index (κ1) is 49.4. The molecular formula is C52H65N7O9S2. The molecule has 0 radical (unpaired) electrons. The number of hydrogen-bond acceptors (Lipinski definition) is 13. The van der Waals surface area contributed by atoms with E-state index in [1.807, 2.05) is 62.6 Å². The third kappa shape index (κ3) is 10.0. The van der Waals surface area contributed by atoms with Gasteiger partial charge in [-0.1, -0.05) is 44.9 Å². The number of carbonyl (C=O) groups excluding carboxylic acids is 4. The van der Waals surface area contributed by atoms with Gasteiger partial charge in [0.15, 0.2) is 0 Å². The number of ether oxygens (including phenoxy) is 3. The van der Waals surface area contributed by atoms with Crippen molar-refractivity contribution in [2.75, 3.05) is 32.1 Å². The lowest BCUT2D eigenvalue weighted by molar-refractivity contribution is -0.140. The Morgan fingerprint density at radius 2 is 1.77 bits per heavy atom. The van der Waals surface area contributed by atoms with Crippen LogP contribution in [0.5, 0.6) is 11.5 Å². The van der Waals surface area contributed by atoms with E-state index in [-0.39, 0.29) is 49.3 Å². The molecule has 374 valence electrons. The molecule has 3 aliphatic heterocycles. The Balaban J connectivity index is 1.06. The molecule has 9 rings (SSSR count). The number of aromatic nitrogens is 2. The standard InChI is InChI=1S/C52H65N7O9S2/c1-30(2)41-29-69-47(55-41)40-24-44(38-18-19-43(66-7)33(5)45(38)54-40)68-37-23-42-46(60)56-52(50(63)57-70(64,65)51(6)20-21-51)25-35(52)15-11-9-8-10-12-17-39(49(62)59(42)28-37)53-36-16-13-14-34(22-36)48(61)58-26-31(3)67-32(4)27-58/h11,13-16,18-19,22,24,29-32,35,37,39,42,53H,8-10,12,17,20-21,23,25-28H2,1-7H3,(H,56,60)(H,57,63)/t31?,32?,35-,37-,39+,42+,52-/m1/s1. The minimum absolute atomic E-state index is 0.0271. The summed E-state index contributed by atoms with van der Waals surface area (Å²) in [4.78, 5) is 71.6. The van der Waals surface area contributed by atoms with Crippen molar-refractivity contribution in [3.8, 4) is 22.2 Å². The second kappa shape index (κ2) is 19.5. The van der Waals surface area contributed by atoms with Crippen LogP contribution in [0.15, 0.2) is 60.0 Å². The number of nitrogens with one attached hydrogen (secondary N) is 3. The highest BCUT2D eigenvalue weighted by atomic mass is 32.2. The van der Waals surface area contributed by atoms with Crippen molar-refractivity contribution >= 4 is 61.6 Å². The second-order valence-electron chi connectivity index (χ2n) is 20.5. The topological polar surface area (TPSA) is 198 Å². The smallest absolute Gasteiger partial charge is 0.259 e. The number of nitrogens with zero attached hydrogens (tertiary/aromatic N) is 4. The predicted octanol–water partition coefficient (Wildman–Crippen LogP) is 7.27. The van der Waals surface area contributed by atoms with Crippen LogP contribution in [0.4, 0.5) is 5.69 Å². The number of anilines is 1. The van der Waals surface area contributed by atoms with Gasteiger partial charge in [-0.25, -0.2) is 18.4 Å². The van der Waals surface area contributed by atoms with Gasteiger partial charge in [0.1, 0.15) is 45.9 Å². The largest absolute Gasteiger partial charge is 0.496 e. The Bertz CT molecular complexity index is 2820. The third-order valence-electron chi connectivity index (χ3n) is 14.6. The van der Waals surface area contributed by atoms with E-state index < -0.39 is 56.2 Å². The Kier molecular flexibility index (Phi) is 13.8. The molecule has 2 aromatic carbocycles. The molecule has 16 nitrogen and oxygen atoms in total. The molecule has 5 heterocycles. The van der Waals surface area contributed by atoms with Crippen LogP contribution < -0.4 is 24.8 Å². The van der Waals surface area contributed by atoms with E-state index in [0.29, 0.717) is 84.5 Å². The van der Waals surface area contributed by atoms with Crippen molar-refractivity contribution in [2.24, 2.45) is 5.92 Å². The van der Waals surface area contributed by atoms with Gasteiger partial charge in [-0.3, -0.25) is 23.9 Å². The number of amides is 4. The van der Waals surface area contributed by atoms with Gasteiger partial charge in [-0.05, 0) is 102 Å². The van der Waals surface area contributed by atoms with Crippen LogP contribution in [0.25, 0.3) is 21.6 Å². The van der Waals surface area contributed by atoms with Crippen LogP contribution in [-0.2, 0) is 29.1 Å². The number of fused-ring (bicyclic) bond motifs is 3. The fourth-order valence-electron chi connectivity index (χ4n) is 10.1. The maximum Gasteiger partial charge on any atom is 0.259 e. The van der Waals surface area contributed by atoms with Crippen molar-refractivity contribution in [3.05, 3.63) is 76.8 Å². The molecule has 0 spiro atoms. The zero-order chi connectivity index (χ0) is 49.7. The van der Waals surface area contributed by atoms with E-state index in [2.05, 4.69) is 29.2 Å². The normalized spacial score (nSPS) is 26.9. The summed E-state index contributed by atoms with van der Waals surface area (Å²) in [7, 11) is -2.41. The van der Waals surface area contributed by atoms with Gasteiger partial charge in [0.05, 0.1) is 41.8 Å². The quantitative estimate of drug-likeness (QED) is 0.127. The number of sulfonamides is 1. The second-order valence-corrected chi connectivity index (χ2v) is 23.5. The number of pyridine rings is 1. The van der Waals surface area contributed by atoms with Gasteiger partial charge in [-0.15, -0.1) is 11.3 Å². The Morgan fingerprint density at radius 1 is 1.00 bits per heavy atom. The molecule has 3 N–H and O–H groups in total. The van der Waals surface area contributed by atoms with Gasteiger partial charge < -0.3 is 34.6 Å². The molecule has 2 aromatic heterocycles. The van der Waals surface area contributed by atoms with Crippen molar-refractivity contribution in [1.29, 1.82) is 0 Å². The summed E-state index contributed by atoms with van der Waals surface area (Å²) in [6, 6.07) is 10.9. The lowest BCUT2D eigenvalue weighted by Crippen LogP contribution is -2.58. The first-order valence-electron chi connectivity index (χ1n) is 24.7. The minimum Gasteiger partial charge on any atom is -0.496 e. The number of benzene rings is 2. The van der Waals surface area contributed by atoms with E-state index >= 15 is 4.79 Å². The summed E-state index contributed by atoms with van der Waals surface area (Å²) in [5.74, 6) is -0.920. The first-order valence-corrected chi connectivity index (χ1v) is 27.0. The SMILES string of the molecule is COc1ccc2c(O[C@@H]3C[C@H]4C(=O)N[C@]5(C(=O)NS(=O)(=O)C6(C)CC6)C[C@H]5C=CCCCCC[C@H](Nc5cccc(C(=O)N6CC(C)OC(C)C6)c5)C(=O)N4C3)cc(-c3nc(C(C)C)cs3)nc2c1C. The summed E-state index contributed by atoms with van der Waals surface area (Å²) in [6.45, 7) is 12.6. The summed E-state index contributed by atoms with van der Waals surface area (Å²) in [5.41, 5.74) is 2.55. The lowest BCUT2D eigenvalue weighted by atomic mass is 10.0. The van der Waals surface area contributed by atoms with Gasteiger partial charge >= 0.3 is 0 Å². The Morgan fingerprint density at radius 3 is 2.49 bits per heavy atom. The zero-order valence-corrected chi connectivity index (χ0v) is 42.7. The highest BCUT2D eigenvalue weighted by Crippen LogP contribution is 2.48. The zero-order valence-electron chi connectivity index (χ0n) is 41.1. The van der Waals surface area contributed by atoms with Gasteiger partial charge in [0.2, 0.25) is 21.8 Å². The fourth-order valence-corrected chi connectivity index (χ4v) is 12.3. The van der Waals surface area contributed by atoms with Crippen LogP contribution in [0.3, 0.4) is 0 Å². The molecule has 2 saturated heterocycles. The van der Waals surface area contributed by atoms with Crippen molar-refractivity contribution in [3.63, 3.8) is 0 Å². The molecule has 5 aliphatic rings. The first-order chi connectivity index (χ1) is 33.4. The van der Waals surface area contributed by atoms with Gasteiger partial charge in [0.25, 0.3) is 11.8 Å². The summed E-state index contributed by atoms with van der Waals surface area (Å²) in [6.07, 6.45) is 7.61. The summed E-state index contributed by atoms with van der Waals surface area (Å²) >= 11 is 1.49. The molecule has 2 saturated carbocycles. The van der Waals surface area contributed by atoms with Crippen LogP contribution in [-0.4, -0.2) is 119 Å². The minimum atomic E-state index is -4.02. The van der Waals surface area contributed by atoms with E-state index in [0.717, 1.165) is 29.1 Å². The number of aryl methyl sites for hydroxylation is 1. The maximum atomic E-state index is 15.3. The predicted molar refractivity (Wildman–Crippen MR) is 268 cm³/mol. The number of thiazole rings is 1. The molecule has 4 fully saturated rings. The van der Waals surface area contributed by atoms with Gasteiger partial charge in [0, 0.05) is 59.1 Å². The van der Waals surface area contributed by atoms with Crippen LogP contribution in [0.2, 0.25) is 0 Å². The molecule has 2 aliphatic carbocycles. The van der Waals surface area contributed by atoms with E-state index in [1.165, 1.54) is 16.2 Å². The number of hydrogen-bond donors (Lipinski definition) is 3. The molecular weight excluding hydrogens is 931 g/mol. The van der Waals surface area contributed by atoms with E-state index in [1.54, 1.807) is 37.1 Å². The monoisotopic (exact) mass is 995 g/mol. The highest BCUT2D eigenvalue weighted by Gasteiger charge is 2.63. The highest BCUT2D eigenvalue weighted by molar-refractivity contribution is 7.91. The summed E-state index contributed by atoms with van der Waals surface area (Å²) in [5, 5.41) is 9.92. The number of carbonyl (C=O) groups is 4. The molecule has 70 heavy (non-hydrogen) atoms. The maximum absolute atomic E-state index is 15.3. The van der Waals surface area contributed by atoms with Crippen LogP contribution >= 0.6 is 11.3 Å². The molecule has 2 unspecified atom stereocenters. The third-order valence-corrected chi connectivity index (χ3v) is 17.7. The van der Waals surface area contributed by atoms with Crippen LogP contribution in [0.1, 0.15) is 120 Å². The molecule has 4 amide bonds. The average molecular weight is 996 g/mol. The van der Waals surface area contributed by atoms with Crippen LogP contribution in [0, 0.1) is 12.8 Å². The Labute approximate surface area is 414 Å². The molecule has 0 bridgehead atoms. The molecule has 18 heteroatoms. The number of rotatable bonds is 11. The fraction of sp³-hybridized carbons (Fsp3) is 0.538. The average Bonchev–Trinajstić information content (AvgIpc) is 4.10. The van der Waals surface area contributed by atoms with Crippen molar-refractivity contribution in [1.82, 2.24) is 29.8 Å². The summed E-state index contributed by atoms with van der Waals surface area (Å²) < 4.78 is 46.6. The number of allylic oxidation sites excluding steroid dienone is 1. The Hall–Kier alpha value is -5.59. The lowest BCUT2D eigenvalue weighted by Gasteiger charge is -2.35. The number of morpholine rings is 1. The van der Waals surface area contributed by atoms with E-state index in [4.69, 9.17) is 24.2 Å². The molecule has 4 aromatic rings.